The lowest BCUT2D eigenvalue weighted by Crippen LogP contribution is -2.16. The van der Waals surface area contributed by atoms with Crippen molar-refractivity contribution in [3.63, 3.8) is 0 Å². The van der Waals surface area contributed by atoms with Gasteiger partial charge in [-0.2, -0.15) is 0 Å². The molecular weight excluding hydrogens is 148 g/mol. The Morgan fingerprint density at radius 1 is 1.08 bits per heavy atom. The lowest BCUT2D eigenvalue weighted by Gasteiger charge is -2.29. The molecule has 0 heterocycles. The van der Waals surface area contributed by atoms with E-state index in [4.69, 9.17) is 5.11 Å². The maximum atomic E-state index is 9.06. The summed E-state index contributed by atoms with van der Waals surface area (Å²) >= 11 is 0. The van der Waals surface area contributed by atoms with Gasteiger partial charge >= 0.3 is 0 Å². The number of hydrogen-bond donors (Lipinski definition) is 1. The molecule has 0 amide bonds. The Bertz CT molecular complexity index is 193. The Balaban J connectivity index is 2.05. The molecule has 0 spiro atoms. The van der Waals surface area contributed by atoms with E-state index in [9.17, 15) is 0 Å². The third-order valence-corrected chi connectivity index (χ3v) is 3.35. The lowest BCUT2D eigenvalue weighted by atomic mass is 9.78. The first kappa shape index (κ1) is 8.31. The zero-order valence-corrected chi connectivity index (χ0v) is 7.68. The minimum atomic E-state index is 0.400. The molecule has 2 rings (SSSR count). The summed E-state index contributed by atoms with van der Waals surface area (Å²) in [5, 5.41) is 9.06. The molecule has 0 aliphatic heterocycles. The molecule has 2 aliphatic carbocycles. The number of allylic oxidation sites excluding steroid dienone is 2. The van der Waals surface area contributed by atoms with Crippen molar-refractivity contribution in [3.8, 4) is 0 Å². The van der Waals surface area contributed by atoms with Crippen LogP contribution in [0.5, 0.6) is 0 Å². The van der Waals surface area contributed by atoms with E-state index < -0.39 is 0 Å². The summed E-state index contributed by atoms with van der Waals surface area (Å²) in [5.74, 6) is 0.585. The molecule has 0 aromatic carbocycles. The van der Waals surface area contributed by atoms with Crippen molar-refractivity contribution in [3.05, 3.63) is 11.1 Å². The van der Waals surface area contributed by atoms with Crippen molar-refractivity contribution in [1.82, 2.24) is 0 Å². The third-order valence-electron chi connectivity index (χ3n) is 3.35. The van der Waals surface area contributed by atoms with Gasteiger partial charge in [0, 0.05) is 6.61 Å². The highest BCUT2D eigenvalue weighted by Crippen LogP contribution is 2.37. The quantitative estimate of drug-likeness (QED) is 0.594. The van der Waals surface area contributed by atoms with Gasteiger partial charge in [0.2, 0.25) is 0 Å². The summed E-state index contributed by atoms with van der Waals surface area (Å²) in [4.78, 5) is 0. The summed E-state index contributed by atoms with van der Waals surface area (Å²) in [5.41, 5.74) is 3.44. The summed E-state index contributed by atoms with van der Waals surface area (Å²) in [6.07, 6.45) is 9.18. The molecule has 0 saturated heterocycles. The normalized spacial score (nSPS) is 30.2. The molecule has 68 valence electrons. The topological polar surface area (TPSA) is 20.2 Å². The van der Waals surface area contributed by atoms with Crippen LogP contribution in [-0.2, 0) is 0 Å². The van der Waals surface area contributed by atoms with Crippen LogP contribution < -0.4 is 0 Å². The maximum absolute atomic E-state index is 9.06. The molecule has 12 heavy (non-hydrogen) atoms. The fourth-order valence-corrected chi connectivity index (χ4v) is 2.56. The second-order valence-electron chi connectivity index (χ2n) is 4.21. The van der Waals surface area contributed by atoms with E-state index >= 15 is 0 Å². The minimum absolute atomic E-state index is 0.400. The van der Waals surface area contributed by atoms with E-state index in [1.807, 2.05) is 0 Å². The molecule has 1 heteroatoms. The summed E-state index contributed by atoms with van der Waals surface area (Å²) < 4.78 is 0. The van der Waals surface area contributed by atoms with Crippen LogP contribution in [0.15, 0.2) is 11.1 Å². The summed E-state index contributed by atoms with van der Waals surface area (Å²) in [6, 6.07) is 0. The van der Waals surface area contributed by atoms with Crippen LogP contribution in [0.1, 0.15) is 44.9 Å². The van der Waals surface area contributed by atoms with Crippen molar-refractivity contribution in [2.75, 3.05) is 6.61 Å². The van der Waals surface area contributed by atoms with E-state index in [0.717, 1.165) is 0 Å². The zero-order valence-electron chi connectivity index (χ0n) is 7.68. The van der Waals surface area contributed by atoms with Gasteiger partial charge in [0.25, 0.3) is 0 Å². The third kappa shape index (κ3) is 1.56. The standard InChI is InChI=1S/C11H18O/c12-8-9-5-6-10-3-1-2-4-11(10)7-9/h9,12H,1-8H2. The van der Waals surface area contributed by atoms with Gasteiger partial charge in [0.15, 0.2) is 0 Å². The molecule has 1 nitrogen and oxygen atoms in total. The first-order valence-electron chi connectivity index (χ1n) is 5.21. The van der Waals surface area contributed by atoms with Crippen LogP contribution in [0.4, 0.5) is 0 Å². The highest BCUT2D eigenvalue weighted by molar-refractivity contribution is 5.20. The van der Waals surface area contributed by atoms with E-state index in [1.54, 1.807) is 11.1 Å². The highest BCUT2D eigenvalue weighted by Gasteiger charge is 2.21. The predicted octanol–water partition coefficient (Wildman–Crippen LogP) is 2.65. The average molecular weight is 166 g/mol. The molecule has 2 aliphatic rings. The van der Waals surface area contributed by atoms with Crippen molar-refractivity contribution in [1.29, 1.82) is 0 Å². The van der Waals surface area contributed by atoms with E-state index in [-0.39, 0.29) is 0 Å². The fourth-order valence-electron chi connectivity index (χ4n) is 2.56. The van der Waals surface area contributed by atoms with Gasteiger partial charge in [-0.25, -0.2) is 0 Å². The number of hydrogen-bond acceptors (Lipinski definition) is 1. The molecular formula is C11H18O. The zero-order chi connectivity index (χ0) is 8.39. The Labute approximate surface area is 74.5 Å². The van der Waals surface area contributed by atoms with E-state index in [0.29, 0.717) is 12.5 Å². The second-order valence-corrected chi connectivity index (χ2v) is 4.21. The van der Waals surface area contributed by atoms with Gasteiger partial charge in [-0.15, -0.1) is 0 Å². The van der Waals surface area contributed by atoms with Crippen LogP contribution in [0.2, 0.25) is 0 Å². The minimum Gasteiger partial charge on any atom is -0.396 e. The Morgan fingerprint density at radius 2 is 1.83 bits per heavy atom. The average Bonchev–Trinajstić information content (AvgIpc) is 2.17. The van der Waals surface area contributed by atoms with Gasteiger partial charge in [-0.1, -0.05) is 11.1 Å². The number of rotatable bonds is 1. The monoisotopic (exact) mass is 166 g/mol. The van der Waals surface area contributed by atoms with Gasteiger partial charge < -0.3 is 5.11 Å². The van der Waals surface area contributed by atoms with Gasteiger partial charge in [-0.3, -0.25) is 0 Å². The Kier molecular flexibility index (Phi) is 2.50. The van der Waals surface area contributed by atoms with Crippen molar-refractivity contribution < 1.29 is 5.11 Å². The molecule has 0 radical (unpaired) electrons. The SMILES string of the molecule is OCC1CCC2=C(CCCC2)C1. The maximum Gasteiger partial charge on any atom is 0.0462 e. The van der Waals surface area contributed by atoms with Crippen molar-refractivity contribution >= 4 is 0 Å². The summed E-state index contributed by atoms with van der Waals surface area (Å²) in [7, 11) is 0. The predicted molar refractivity (Wildman–Crippen MR) is 49.9 cm³/mol. The molecule has 0 aromatic rings. The largest absolute Gasteiger partial charge is 0.396 e. The number of aliphatic hydroxyl groups is 1. The van der Waals surface area contributed by atoms with E-state index in [1.165, 1.54) is 44.9 Å². The molecule has 0 bridgehead atoms. The Hall–Kier alpha value is -0.300. The smallest absolute Gasteiger partial charge is 0.0462 e. The van der Waals surface area contributed by atoms with Gasteiger partial charge in [0.05, 0.1) is 0 Å². The van der Waals surface area contributed by atoms with Crippen LogP contribution >= 0.6 is 0 Å². The molecule has 1 unspecified atom stereocenters. The Morgan fingerprint density at radius 3 is 2.58 bits per heavy atom. The molecule has 0 aromatic heterocycles. The van der Waals surface area contributed by atoms with Crippen LogP contribution in [0, 0.1) is 5.92 Å². The van der Waals surface area contributed by atoms with Crippen molar-refractivity contribution in [2.24, 2.45) is 5.92 Å². The lowest BCUT2D eigenvalue weighted by molar-refractivity contribution is 0.210. The molecule has 1 N–H and O–H groups in total. The first-order valence-corrected chi connectivity index (χ1v) is 5.21. The van der Waals surface area contributed by atoms with Gasteiger partial charge in [0.1, 0.15) is 0 Å². The van der Waals surface area contributed by atoms with Crippen molar-refractivity contribution in [2.45, 2.75) is 44.9 Å². The first-order chi connectivity index (χ1) is 5.90. The van der Waals surface area contributed by atoms with E-state index in [2.05, 4.69) is 0 Å². The summed E-state index contributed by atoms with van der Waals surface area (Å²) in [6.45, 7) is 0.400. The van der Waals surface area contributed by atoms with Crippen LogP contribution in [0.25, 0.3) is 0 Å². The van der Waals surface area contributed by atoms with Crippen LogP contribution in [0.3, 0.4) is 0 Å². The van der Waals surface area contributed by atoms with Crippen LogP contribution in [-0.4, -0.2) is 11.7 Å². The molecule has 0 saturated carbocycles. The van der Waals surface area contributed by atoms with Gasteiger partial charge in [-0.05, 0) is 50.9 Å². The highest BCUT2D eigenvalue weighted by atomic mass is 16.3. The molecule has 0 fully saturated rings. The number of aliphatic hydroxyl groups excluding tert-OH is 1. The second kappa shape index (κ2) is 3.61. The fraction of sp³-hybridized carbons (Fsp3) is 0.818. The molecule has 1 atom stereocenters.